The van der Waals surface area contributed by atoms with Crippen LogP contribution in [0.4, 0.5) is 11.5 Å². The monoisotopic (exact) mass is 548 g/mol. The molecule has 1 fully saturated rings. The van der Waals surface area contributed by atoms with Crippen LogP contribution >= 0.6 is 0 Å². The lowest BCUT2D eigenvalue weighted by atomic mass is 9.86. The molecule has 3 aromatic heterocycles. The number of aromatic amines is 1. The quantitative estimate of drug-likeness (QED) is 0.339. The maximum absolute atomic E-state index is 12.8. The second kappa shape index (κ2) is 11.1. The van der Waals surface area contributed by atoms with Crippen molar-refractivity contribution in [1.82, 2.24) is 24.8 Å². The van der Waals surface area contributed by atoms with Gasteiger partial charge in [0.25, 0.3) is 5.56 Å². The number of ether oxygens (including phenoxy) is 1. The predicted molar refractivity (Wildman–Crippen MR) is 153 cm³/mol. The van der Waals surface area contributed by atoms with E-state index in [-0.39, 0.29) is 11.3 Å². The molecule has 0 bridgehead atoms. The highest BCUT2D eigenvalue weighted by Crippen LogP contribution is 2.33. The normalized spacial score (nSPS) is 14.9. The SMILES string of the molecule is COc1cncc(-c2cc3cc[nH]c(=O)c3c(Nc3ccc(C4CCN(CCS(C)(=O)=O)CC4)c(C)c3)n2)n1. The molecule has 0 spiro atoms. The number of rotatable bonds is 8. The van der Waals surface area contributed by atoms with Crippen molar-refractivity contribution in [3.63, 3.8) is 0 Å². The van der Waals surface area contributed by atoms with E-state index in [0.717, 1.165) is 42.6 Å². The number of nitrogens with one attached hydrogen (secondary N) is 2. The molecule has 39 heavy (non-hydrogen) atoms. The van der Waals surface area contributed by atoms with Gasteiger partial charge in [0.05, 0.1) is 36.3 Å². The van der Waals surface area contributed by atoms with Crippen molar-refractivity contribution in [2.24, 2.45) is 0 Å². The van der Waals surface area contributed by atoms with Gasteiger partial charge in [-0.25, -0.2) is 18.4 Å². The summed E-state index contributed by atoms with van der Waals surface area (Å²) in [6.45, 7) is 4.46. The number of piperidine rings is 1. The standard InChI is InChI=1S/C28H32N6O4S/c1-18-14-21(4-5-22(18)19-7-10-34(11-8-19)12-13-39(3,36)37)31-27-26-20(6-9-30-28(26)35)15-23(33-27)24-16-29-17-25(32-24)38-2/h4-6,9,14-17,19H,7-8,10-13H2,1-3H3,(H,30,35)(H,31,33). The summed E-state index contributed by atoms with van der Waals surface area (Å²) in [7, 11) is -1.42. The van der Waals surface area contributed by atoms with Gasteiger partial charge in [0.2, 0.25) is 5.88 Å². The van der Waals surface area contributed by atoms with Crippen LogP contribution < -0.4 is 15.6 Å². The molecular weight excluding hydrogens is 516 g/mol. The van der Waals surface area contributed by atoms with Crippen molar-refractivity contribution >= 4 is 32.1 Å². The number of sulfone groups is 1. The molecule has 4 aromatic rings. The molecule has 1 aliphatic heterocycles. The summed E-state index contributed by atoms with van der Waals surface area (Å²) >= 11 is 0. The van der Waals surface area contributed by atoms with Gasteiger partial charge in [0.15, 0.2) is 0 Å². The maximum atomic E-state index is 12.8. The third kappa shape index (κ3) is 6.26. The molecule has 4 heterocycles. The number of anilines is 2. The van der Waals surface area contributed by atoms with E-state index in [2.05, 4.69) is 44.2 Å². The Balaban J connectivity index is 1.39. The second-order valence-electron chi connectivity index (χ2n) is 10.0. The topological polar surface area (TPSA) is 130 Å². The molecule has 0 atom stereocenters. The Hall–Kier alpha value is -3.83. The third-order valence-electron chi connectivity index (χ3n) is 7.18. The summed E-state index contributed by atoms with van der Waals surface area (Å²) in [5.41, 5.74) is 4.14. The van der Waals surface area contributed by atoms with E-state index in [4.69, 9.17) is 9.72 Å². The first-order valence-electron chi connectivity index (χ1n) is 12.9. The molecular formula is C28H32N6O4S. The van der Waals surface area contributed by atoms with Crippen LogP contribution in [-0.2, 0) is 9.84 Å². The molecule has 1 aliphatic rings. The Morgan fingerprint density at radius 3 is 2.62 bits per heavy atom. The zero-order valence-corrected chi connectivity index (χ0v) is 23.1. The molecule has 5 rings (SSSR count). The molecule has 10 nitrogen and oxygen atoms in total. The van der Waals surface area contributed by atoms with Crippen LogP contribution in [0.2, 0.25) is 0 Å². The molecule has 2 N–H and O–H groups in total. The van der Waals surface area contributed by atoms with Gasteiger partial charge < -0.3 is 19.9 Å². The molecule has 1 aromatic carbocycles. The number of hydrogen-bond donors (Lipinski definition) is 2. The van der Waals surface area contributed by atoms with Crippen LogP contribution in [0.15, 0.2) is 53.7 Å². The molecule has 0 aliphatic carbocycles. The Morgan fingerprint density at radius 2 is 1.90 bits per heavy atom. The van der Waals surface area contributed by atoms with E-state index in [0.29, 0.717) is 40.9 Å². The van der Waals surface area contributed by atoms with E-state index >= 15 is 0 Å². The Morgan fingerprint density at radius 1 is 1.10 bits per heavy atom. The molecule has 204 valence electrons. The minimum absolute atomic E-state index is 0.203. The highest BCUT2D eigenvalue weighted by molar-refractivity contribution is 7.90. The van der Waals surface area contributed by atoms with Crippen LogP contribution in [0.5, 0.6) is 5.88 Å². The zero-order chi connectivity index (χ0) is 27.6. The van der Waals surface area contributed by atoms with Crippen molar-refractivity contribution < 1.29 is 13.2 Å². The molecule has 0 unspecified atom stereocenters. The molecule has 0 saturated carbocycles. The second-order valence-corrected chi connectivity index (χ2v) is 12.3. The number of benzene rings is 1. The van der Waals surface area contributed by atoms with Crippen molar-refractivity contribution in [3.05, 3.63) is 70.4 Å². The van der Waals surface area contributed by atoms with Gasteiger partial charge in [-0.15, -0.1) is 0 Å². The Bertz CT molecular complexity index is 1660. The number of methoxy groups -OCH3 is 1. The Labute approximate surface area is 227 Å². The minimum Gasteiger partial charge on any atom is -0.480 e. The number of nitrogens with zero attached hydrogens (tertiary/aromatic N) is 4. The fourth-order valence-electron chi connectivity index (χ4n) is 5.12. The van der Waals surface area contributed by atoms with Gasteiger partial charge in [-0.1, -0.05) is 6.07 Å². The van der Waals surface area contributed by atoms with Gasteiger partial charge in [0.1, 0.15) is 21.3 Å². The third-order valence-corrected chi connectivity index (χ3v) is 8.10. The van der Waals surface area contributed by atoms with E-state index in [1.54, 1.807) is 12.4 Å². The number of hydrogen-bond acceptors (Lipinski definition) is 9. The number of fused-ring (bicyclic) bond motifs is 1. The predicted octanol–water partition coefficient (Wildman–Crippen LogP) is 3.66. The molecule has 1 saturated heterocycles. The first-order chi connectivity index (χ1) is 18.7. The van der Waals surface area contributed by atoms with Crippen molar-refractivity contribution in [3.8, 4) is 17.3 Å². The van der Waals surface area contributed by atoms with Gasteiger partial charge in [-0.2, -0.15) is 0 Å². The summed E-state index contributed by atoms with van der Waals surface area (Å²) < 4.78 is 28.2. The fourth-order valence-corrected chi connectivity index (χ4v) is 5.71. The van der Waals surface area contributed by atoms with Gasteiger partial charge in [-0.05, 0) is 79.6 Å². The van der Waals surface area contributed by atoms with Crippen molar-refractivity contribution in [2.75, 3.05) is 44.1 Å². The summed E-state index contributed by atoms with van der Waals surface area (Å²) in [6, 6.07) is 9.88. The first kappa shape index (κ1) is 26.8. The number of aromatic nitrogens is 4. The summed E-state index contributed by atoms with van der Waals surface area (Å²) in [5, 5.41) is 4.55. The van der Waals surface area contributed by atoms with Crippen LogP contribution in [-0.4, -0.2) is 72.0 Å². The molecule has 0 radical (unpaired) electrons. The van der Waals surface area contributed by atoms with Gasteiger partial charge in [-0.3, -0.25) is 9.78 Å². The number of pyridine rings is 2. The lowest BCUT2D eigenvalue weighted by Crippen LogP contribution is -2.36. The summed E-state index contributed by atoms with van der Waals surface area (Å²) in [6.07, 6.45) is 8.01. The Kier molecular flexibility index (Phi) is 7.62. The van der Waals surface area contributed by atoms with Crippen molar-refractivity contribution in [2.45, 2.75) is 25.7 Å². The van der Waals surface area contributed by atoms with E-state index in [9.17, 15) is 13.2 Å². The smallest absolute Gasteiger partial charge is 0.259 e. The van der Waals surface area contributed by atoms with Crippen LogP contribution in [0.3, 0.4) is 0 Å². The molecule has 0 amide bonds. The maximum Gasteiger partial charge on any atom is 0.259 e. The van der Waals surface area contributed by atoms with E-state index in [1.807, 2.05) is 18.2 Å². The van der Waals surface area contributed by atoms with E-state index in [1.165, 1.54) is 25.1 Å². The summed E-state index contributed by atoms with van der Waals surface area (Å²) in [5.74, 6) is 1.43. The minimum atomic E-state index is -2.95. The number of H-pyrrole nitrogens is 1. The van der Waals surface area contributed by atoms with Gasteiger partial charge >= 0.3 is 0 Å². The van der Waals surface area contributed by atoms with Crippen LogP contribution in [0, 0.1) is 6.92 Å². The first-order valence-corrected chi connectivity index (χ1v) is 14.9. The fraction of sp³-hybridized carbons (Fsp3) is 0.357. The lowest BCUT2D eigenvalue weighted by molar-refractivity contribution is 0.223. The van der Waals surface area contributed by atoms with Crippen LogP contribution in [0.1, 0.15) is 29.9 Å². The van der Waals surface area contributed by atoms with Gasteiger partial charge in [0, 0.05) is 24.7 Å². The number of likely N-dealkylation sites (tertiary alicyclic amines) is 1. The van der Waals surface area contributed by atoms with E-state index < -0.39 is 9.84 Å². The van der Waals surface area contributed by atoms with Crippen LogP contribution in [0.25, 0.3) is 22.2 Å². The zero-order valence-electron chi connectivity index (χ0n) is 22.3. The average Bonchev–Trinajstić information content (AvgIpc) is 2.92. The highest BCUT2D eigenvalue weighted by atomic mass is 32.2. The average molecular weight is 549 g/mol. The summed E-state index contributed by atoms with van der Waals surface area (Å²) in [4.78, 5) is 31.1. The lowest BCUT2D eigenvalue weighted by Gasteiger charge is -2.32. The highest BCUT2D eigenvalue weighted by Gasteiger charge is 2.23. The number of aryl methyl sites for hydroxylation is 1. The largest absolute Gasteiger partial charge is 0.480 e. The van der Waals surface area contributed by atoms with Crippen molar-refractivity contribution in [1.29, 1.82) is 0 Å². The molecule has 11 heteroatoms.